The highest BCUT2D eigenvalue weighted by molar-refractivity contribution is 7.99. The molecule has 0 atom stereocenters. The molecule has 0 spiro atoms. The maximum absolute atomic E-state index is 11.2. The Labute approximate surface area is 135 Å². The topological polar surface area (TPSA) is 120 Å². The number of rotatable bonds is 4. The minimum absolute atomic E-state index is 0.124. The Morgan fingerprint density at radius 2 is 2.22 bits per heavy atom. The first kappa shape index (κ1) is 15.4. The van der Waals surface area contributed by atoms with Gasteiger partial charge in [0, 0.05) is 19.3 Å². The number of nitro benzene ring substituents is 1. The van der Waals surface area contributed by atoms with Gasteiger partial charge in [-0.15, -0.1) is 5.10 Å². The summed E-state index contributed by atoms with van der Waals surface area (Å²) in [6, 6.07) is 6.36. The molecular formula is C13H12N6O3S. The average molecular weight is 332 g/mol. The van der Waals surface area contributed by atoms with E-state index >= 15 is 0 Å². The highest BCUT2D eigenvalue weighted by Crippen LogP contribution is 2.35. The van der Waals surface area contributed by atoms with Gasteiger partial charge in [0.2, 0.25) is 5.16 Å². The molecule has 0 bridgehead atoms. The number of aromatic nitrogens is 4. The van der Waals surface area contributed by atoms with Gasteiger partial charge in [0.1, 0.15) is 0 Å². The molecule has 1 fully saturated rings. The van der Waals surface area contributed by atoms with Gasteiger partial charge in [-0.05, 0) is 47.2 Å². The van der Waals surface area contributed by atoms with Crippen molar-refractivity contribution in [2.75, 3.05) is 13.2 Å². The maximum Gasteiger partial charge on any atom is 0.284 e. The zero-order valence-corrected chi connectivity index (χ0v) is 12.8. The quantitative estimate of drug-likeness (QED) is 0.615. The number of hydrogen-bond acceptors (Lipinski definition) is 8. The Hall–Kier alpha value is -2.51. The monoisotopic (exact) mass is 332 g/mol. The minimum Gasteiger partial charge on any atom is -0.381 e. The van der Waals surface area contributed by atoms with Crippen molar-refractivity contribution in [3.8, 4) is 6.07 Å². The fourth-order valence-electron chi connectivity index (χ4n) is 2.33. The lowest BCUT2D eigenvalue weighted by molar-refractivity contribution is -0.387. The van der Waals surface area contributed by atoms with Gasteiger partial charge in [-0.1, -0.05) is 0 Å². The highest BCUT2D eigenvalue weighted by atomic mass is 32.2. The Morgan fingerprint density at radius 3 is 2.91 bits per heavy atom. The highest BCUT2D eigenvalue weighted by Gasteiger charge is 2.23. The predicted octanol–water partition coefficient (Wildman–Crippen LogP) is 1.96. The lowest BCUT2D eigenvalue weighted by Crippen LogP contribution is -2.21. The van der Waals surface area contributed by atoms with E-state index in [1.165, 1.54) is 12.1 Å². The summed E-state index contributed by atoms with van der Waals surface area (Å²) in [5.74, 6) is 0. The first-order chi connectivity index (χ1) is 11.2. The number of benzene rings is 1. The molecule has 10 heteroatoms. The fraction of sp³-hybridized carbons (Fsp3) is 0.385. The molecule has 1 saturated heterocycles. The van der Waals surface area contributed by atoms with Crippen molar-refractivity contribution in [1.29, 1.82) is 5.26 Å². The van der Waals surface area contributed by atoms with Gasteiger partial charge < -0.3 is 4.74 Å². The van der Waals surface area contributed by atoms with Crippen molar-refractivity contribution in [3.63, 3.8) is 0 Å². The molecule has 3 rings (SSSR count). The van der Waals surface area contributed by atoms with Crippen LogP contribution in [0.2, 0.25) is 0 Å². The van der Waals surface area contributed by atoms with Crippen molar-refractivity contribution >= 4 is 17.4 Å². The van der Waals surface area contributed by atoms with E-state index in [2.05, 4.69) is 15.5 Å². The van der Waals surface area contributed by atoms with Crippen LogP contribution in [0.1, 0.15) is 24.4 Å². The van der Waals surface area contributed by atoms with Crippen LogP contribution in [0.4, 0.5) is 5.69 Å². The molecule has 2 aromatic rings. The van der Waals surface area contributed by atoms with Crippen molar-refractivity contribution in [1.82, 2.24) is 20.2 Å². The normalized spacial score (nSPS) is 15.3. The van der Waals surface area contributed by atoms with E-state index < -0.39 is 4.92 Å². The fourth-order valence-corrected chi connectivity index (χ4v) is 3.25. The number of hydrogen-bond donors (Lipinski definition) is 0. The molecule has 2 heterocycles. The molecule has 1 aromatic carbocycles. The molecule has 0 unspecified atom stereocenters. The molecule has 9 nitrogen and oxygen atoms in total. The van der Waals surface area contributed by atoms with E-state index in [0.717, 1.165) is 24.6 Å². The molecule has 0 aliphatic carbocycles. The predicted molar refractivity (Wildman–Crippen MR) is 78.8 cm³/mol. The van der Waals surface area contributed by atoms with Crippen LogP contribution in [0.3, 0.4) is 0 Å². The molecule has 0 radical (unpaired) electrons. The number of nitrogens with zero attached hydrogens (tertiary/aromatic N) is 6. The van der Waals surface area contributed by atoms with Gasteiger partial charge in [-0.3, -0.25) is 10.1 Å². The standard InChI is InChI=1S/C13H12N6O3S/c14-8-9-1-2-12(11(7-9)19(20)21)23-13-15-16-17-18(13)10-3-5-22-6-4-10/h1-2,7,10H,3-6H2. The first-order valence-corrected chi connectivity index (χ1v) is 7.72. The molecule has 118 valence electrons. The van der Waals surface area contributed by atoms with Crippen molar-refractivity contribution in [2.24, 2.45) is 0 Å². The smallest absolute Gasteiger partial charge is 0.284 e. The third-order valence-corrected chi connectivity index (χ3v) is 4.50. The molecule has 1 aliphatic heterocycles. The van der Waals surface area contributed by atoms with Gasteiger partial charge in [-0.25, -0.2) is 4.68 Å². The SMILES string of the molecule is N#Cc1ccc(Sc2nnnn2C2CCOCC2)c([N+](=O)[O-])c1. The molecule has 0 amide bonds. The molecule has 1 aliphatic rings. The second-order valence-corrected chi connectivity index (χ2v) is 5.91. The minimum atomic E-state index is -0.508. The lowest BCUT2D eigenvalue weighted by Gasteiger charge is -2.22. The van der Waals surface area contributed by atoms with Gasteiger partial charge in [0.15, 0.2) is 0 Å². The van der Waals surface area contributed by atoms with Crippen LogP contribution >= 0.6 is 11.8 Å². The van der Waals surface area contributed by atoms with E-state index in [1.807, 2.05) is 6.07 Å². The summed E-state index contributed by atoms with van der Waals surface area (Å²) in [7, 11) is 0. The van der Waals surface area contributed by atoms with E-state index in [9.17, 15) is 10.1 Å². The Morgan fingerprint density at radius 1 is 1.43 bits per heavy atom. The maximum atomic E-state index is 11.2. The second kappa shape index (κ2) is 6.72. The van der Waals surface area contributed by atoms with Crippen LogP contribution in [-0.2, 0) is 4.74 Å². The molecule has 0 N–H and O–H groups in total. The van der Waals surface area contributed by atoms with E-state index in [-0.39, 0.29) is 17.3 Å². The van der Waals surface area contributed by atoms with Gasteiger partial charge in [0.05, 0.1) is 27.5 Å². The van der Waals surface area contributed by atoms with Gasteiger partial charge >= 0.3 is 0 Å². The molecule has 1 aromatic heterocycles. The number of nitro groups is 1. The third-order valence-electron chi connectivity index (χ3n) is 3.49. The third kappa shape index (κ3) is 3.30. The summed E-state index contributed by atoms with van der Waals surface area (Å²) in [6.45, 7) is 1.29. The van der Waals surface area contributed by atoms with Gasteiger partial charge in [0.25, 0.3) is 5.69 Å². The summed E-state index contributed by atoms with van der Waals surface area (Å²) in [4.78, 5) is 11.1. The van der Waals surface area contributed by atoms with Gasteiger partial charge in [-0.2, -0.15) is 5.26 Å². The van der Waals surface area contributed by atoms with Crippen LogP contribution in [0.5, 0.6) is 0 Å². The first-order valence-electron chi connectivity index (χ1n) is 6.91. The zero-order chi connectivity index (χ0) is 16.2. The second-order valence-electron chi connectivity index (χ2n) is 4.90. The summed E-state index contributed by atoms with van der Waals surface area (Å²) >= 11 is 1.12. The van der Waals surface area contributed by atoms with Crippen LogP contribution in [0.15, 0.2) is 28.3 Å². The van der Waals surface area contributed by atoms with Crippen molar-refractivity contribution in [3.05, 3.63) is 33.9 Å². The van der Waals surface area contributed by atoms with E-state index in [1.54, 1.807) is 10.7 Å². The summed E-state index contributed by atoms with van der Waals surface area (Å²) < 4.78 is 7.01. The van der Waals surface area contributed by atoms with Crippen LogP contribution in [0.25, 0.3) is 0 Å². The Balaban J connectivity index is 1.90. The Kier molecular flexibility index (Phi) is 4.50. The molecule has 23 heavy (non-hydrogen) atoms. The molecular weight excluding hydrogens is 320 g/mol. The average Bonchev–Trinajstić information content (AvgIpc) is 3.04. The van der Waals surface area contributed by atoms with Crippen LogP contribution in [0, 0.1) is 21.4 Å². The zero-order valence-electron chi connectivity index (χ0n) is 12.0. The van der Waals surface area contributed by atoms with Crippen molar-refractivity contribution in [2.45, 2.75) is 28.9 Å². The number of nitriles is 1. The van der Waals surface area contributed by atoms with E-state index in [4.69, 9.17) is 10.00 Å². The lowest BCUT2D eigenvalue weighted by atomic mass is 10.1. The van der Waals surface area contributed by atoms with Crippen molar-refractivity contribution < 1.29 is 9.66 Å². The summed E-state index contributed by atoms with van der Waals surface area (Å²) in [5.41, 5.74) is 0.112. The Bertz CT molecular complexity index is 765. The number of tetrazole rings is 1. The number of ether oxygens (including phenoxy) is 1. The van der Waals surface area contributed by atoms with Crippen LogP contribution < -0.4 is 0 Å². The summed E-state index contributed by atoms with van der Waals surface area (Å²) in [5, 5.41) is 32.2. The van der Waals surface area contributed by atoms with Crippen LogP contribution in [-0.4, -0.2) is 38.3 Å². The largest absolute Gasteiger partial charge is 0.381 e. The summed E-state index contributed by atoms with van der Waals surface area (Å²) in [6.07, 6.45) is 1.60. The van der Waals surface area contributed by atoms with E-state index in [0.29, 0.717) is 23.3 Å². The molecule has 0 saturated carbocycles.